The van der Waals surface area contributed by atoms with Gasteiger partial charge < -0.3 is 0 Å². The van der Waals surface area contributed by atoms with Gasteiger partial charge in [-0.2, -0.15) is 10.5 Å². The molecule has 1 aromatic carbocycles. The minimum Gasteiger partial charge on any atom is -0.192 e. The number of hydrogen-bond acceptors (Lipinski definition) is 4. The minimum absolute atomic E-state index is 0.159. The lowest BCUT2D eigenvalue weighted by atomic mass is 10.1. The molecule has 0 atom stereocenters. The van der Waals surface area contributed by atoms with Crippen molar-refractivity contribution in [2.45, 2.75) is 0 Å². The van der Waals surface area contributed by atoms with E-state index in [1.165, 1.54) is 11.8 Å². The van der Waals surface area contributed by atoms with Gasteiger partial charge in [0, 0.05) is 10.5 Å². The second-order valence-electron chi connectivity index (χ2n) is 3.27. The third-order valence-electron chi connectivity index (χ3n) is 2.22. The highest BCUT2D eigenvalue weighted by Gasteiger charge is 2.12. The zero-order chi connectivity index (χ0) is 13.4. The van der Waals surface area contributed by atoms with Gasteiger partial charge in [-0.25, -0.2) is 0 Å². The van der Waals surface area contributed by atoms with Crippen LogP contribution in [0.2, 0.25) is 0 Å². The summed E-state index contributed by atoms with van der Waals surface area (Å²) >= 11 is 2.98. The molecule has 0 aliphatic carbocycles. The molecular weight excluding hydrogens is 260 g/mol. The predicted molar refractivity (Wildman–Crippen MR) is 79.7 cm³/mol. The first kappa shape index (κ1) is 14.4. The highest BCUT2D eigenvalue weighted by Crippen LogP contribution is 2.34. The Kier molecular flexibility index (Phi) is 6.14. The molecule has 1 aromatic rings. The summed E-state index contributed by atoms with van der Waals surface area (Å²) in [5.41, 5.74) is 2.10. The monoisotopic (exact) mass is 272 g/mol. The van der Waals surface area contributed by atoms with Crippen molar-refractivity contribution in [2.75, 3.05) is 12.5 Å². The predicted octanol–water partition coefficient (Wildman–Crippen LogP) is 4.05. The maximum absolute atomic E-state index is 9.01. The number of allylic oxidation sites excluding steroid dienone is 2. The smallest absolute Gasteiger partial charge is 0.143 e. The third kappa shape index (κ3) is 3.43. The highest BCUT2D eigenvalue weighted by molar-refractivity contribution is 8.03. The van der Waals surface area contributed by atoms with Gasteiger partial charge in [0.25, 0.3) is 0 Å². The molecular formula is C14H12N2S2. The Morgan fingerprint density at radius 1 is 1.11 bits per heavy atom. The van der Waals surface area contributed by atoms with E-state index in [4.69, 9.17) is 10.5 Å². The average Bonchev–Trinajstić information content (AvgIpc) is 2.43. The van der Waals surface area contributed by atoms with Crippen LogP contribution in [0.1, 0.15) is 5.56 Å². The number of benzene rings is 1. The van der Waals surface area contributed by atoms with Crippen molar-refractivity contribution in [3.63, 3.8) is 0 Å². The van der Waals surface area contributed by atoms with Crippen molar-refractivity contribution in [3.05, 3.63) is 51.8 Å². The maximum atomic E-state index is 9.01. The average molecular weight is 272 g/mol. The van der Waals surface area contributed by atoms with E-state index < -0.39 is 0 Å². The van der Waals surface area contributed by atoms with Gasteiger partial charge in [0.2, 0.25) is 0 Å². The summed E-state index contributed by atoms with van der Waals surface area (Å²) in [4.78, 5) is 0.723. The van der Waals surface area contributed by atoms with Crippen molar-refractivity contribution >= 4 is 29.1 Å². The molecule has 0 aliphatic heterocycles. The summed E-state index contributed by atoms with van der Waals surface area (Å²) in [5, 5.41) is 20.0. The zero-order valence-electron chi connectivity index (χ0n) is 10.2. The van der Waals surface area contributed by atoms with Gasteiger partial charge >= 0.3 is 0 Å². The van der Waals surface area contributed by atoms with Crippen LogP contribution < -0.4 is 0 Å². The van der Waals surface area contributed by atoms with E-state index in [0.29, 0.717) is 0 Å². The second-order valence-corrected chi connectivity index (χ2v) is 4.79. The fraction of sp³-hybridized carbons (Fsp3) is 0.143. The Hall–Kier alpha value is -1.62. The van der Waals surface area contributed by atoms with Gasteiger partial charge in [-0.05, 0) is 23.5 Å². The third-order valence-corrected chi connectivity index (χ3v) is 3.52. The van der Waals surface area contributed by atoms with Crippen LogP contribution in [-0.2, 0) is 0 Å². The van der Waals surface area contributed by atoms with E-state index in [9.17, 15) is 0 Å². The first-order valence-corrected chi connectivity index (χ1v) is 7.67. The number of nitrogens with zero attached hydrogens (tertiary/aromatic N) is 2. The van der Waals surface area contributed by atoms with Gasteiger partial charge in [-0.3, -0.25) is 0 Å². The Morgan fingerprint density at radius 2 is 1.72 bits per heavy atom. The molecule has 0 spiro atoms. The summed E-state index contributed by atoms with van der Waals surface area (Å²) in [7, 11) is 0. The van der Waals surface area contributed by atoms with E-state index in [1.807, 2.05) is 60.4 Å². The van der Waals surface area contributed by atoms with E-state index >= 15 is 0 Å². The molecule has 0 aliphatic rings. The van der Waals surface area contributed by atoms with E-state index in [-0.39, 0.29) is 5.57 Å². The van der Waals surface area contributed by atoms with Gasteiger partial charge in [-0.1, -0.05) is 30.3 Å². The number of hydrogen-bond donors (Lipinski definition) is 0. The molecule has 0 heterocycles. The van der Waals surface area contributed by atoms with Crippen molar-refractivity contribution < 1.29 is 0 Å². The van der Waals surface area contributed by atoms with Crippen LogP contribution in [-0.4, -0.2) is 12.5 Å². The lowest BCUT2D eigenvalue weighted by Gasteiger charge is -2.10. The first-order chi connectivity index (χ1) is 8.78. The molecule has 2 nitrogen and oxygen atoms in total. The van der Waals surface area contributed by atoms with Crippen LogP contribution >= 0.6 is 23.5 Å². The molecule has 1 rings (SSSR count). The van der Waals surface area contributed by atoms with Crippen LogP contribution in [0.4, 0.5) is 0 Å². The van der Waals surface area contributed by atoms with E-state index in [1.54, 1.807) is 11.8 Å². The van der Waals surface area contributed by atoms with Crippen molar-refractivity contribution in [1.29, 1.82) is 10.5 Å². The quantitative estimate of drug-likeness (QED) is 0.612. The largest absolute Gasteiger partial charge is 0.192 e. The zero-order valence-corrected chi connectivity index (χ0v) is 11.8. The van der Waals surface area contributed by atoms with Crippen LogP contribution in [0.5, 0.6) is 0 Å². The van der Waals surface area contributed by atoms with Crippen LogP contribution in [0.3, 0.4) is 0 Å². The van der Waals surface area contributed by atoms with Crippen LogP contribution in [0.15, 0.2) is 46.2 Å². The lowest BCUT2D eigenvalue weighted by molar-refractivity contribution is 1.46. The molecule has 0 bridgehead atoms. The Bertz CT molecular complexity index is 529. The molecule has 0 aromatic heterocycles. The molecule has 18 heavy (non-hydrogen) atoms. The standard InChI is InChI=1S/C14H12N2S2/c1-17-10-13(11-6-4-3-5-7-11)14(18-2)12(8-15)9-16/h3-7,10H,1-2H3. The van der Waals surface area contributed by atoms with Gasteiger partial charge in [0.15, 0.2) is 0 Å². The van der Waals surface area contributed by atoms with Gasteiger partial charge in [0.05, 0.1) is 0 Å². The lowest BCUT2D eigenvalue weighted by Crippen LogP contribution is -1.90. The van der Waals surface area contributed by atoms with Crippen molar-refractivity contribution in [1.82, 2.24) is 0 Å². The summed E-state index contributed by atoms with van der Waals surface area (Å²) in [5.74, 6) is 0. The van der Waals surface area contributed by atoms with Crippen LogP contribution in [0.25, 0.3) is 5.57 Å². The van der Waals surface area contributed by atoms with Crippen molar-refractivity contribution in [2.24, 2.45) is 0 Å². The van der Waals surface area contributed by atoms with Gasteiger partial charge in [-0.15, -0.1) is 23.5 Å². The number of nitriles is 2. The maximum Gasteiger partial charge on any atom is 0.143 e. The molecule has 0 fully saturated rings. The van der Waals surface area contributed by atoms with Crippen molar-refractivity contribution in [3.8, 4) is 12.1 Å². The summed E-state index contributed by atoms with van der Waals surface area (Å²) in [6.45, 7) is 0. The van der Waals surface area contributed by atoms with E-state index in [2.05, 4.69) is 0 Å². The SMILES string of the molecule is CSC=C(C(SC)=C(C#N)C#N)c1ccccc1. The topological polar surface area (TPSA) is 47.6 Å². The second kappa shape index (κ2) is 7.66. The molecule has 0 amide bonds. The molecule has 0 saturated heterocycles. The Labute approximate surface area is 116 Å². The molecule has 4 heteroatoms. The normalized spacial score (nSPS) is 10.3. The summed E-state index contributed by atoms with van der Waals surface area (Å²) in [6.07, 6.45) is 3.83. The number of rotatable bonds is 4. The number of thioether (sulfide) groups is 2. The molecule has 90 valence electrons. The highest BCUT2D eigenvalue weighted by atomic mass is 32.2. The van der Waals surface area contributed by atoms with E-state index in [0.717, 1.165) is 16.0 Å². The Morgan fingerprint density at radius 3 is 2.17 bits per heavy atom. The molecule has 0 N–H and O–H groups in total. The first-order valence-electron chi connectivity index (χ1n) is 5.15. The summed E-state index contributed by atoms with van der Waals surface area (Å²) in [6, 6.07) is 13.7. The molecule has 0 radical (unpaired) electrons. The van der Waals surface area contributed by atoms with Crippen LogP contribution in [0, 0.1) is 22.7 Å². The van der Waals surface area contributed by atoms with Gasteiger partial charge in [0.1, 0.15) is 17.7 Å². The fourth-order valence-electron chi connectivity index (χ4n) is 1.46. The minimum atomic E-state index is 0.159. The summed E-state index contributed by atoms with van der Waals surface area (Å²) < 4.78 is 0. The molecule has 0 saturated carbocycles. The Balaban J connectivity index is 3.41. The molecule has 0 unspecified atom stereocenters. The fourth-order valence-corrected chi connectivity index (χ4v) is 2.72.